The molecule has 2 heterocycles. The molecule has 1 saturated carbocycles. The number of hydrogen-bond acceptors (Lipinski definition) is 7. The SMILES string of the molecule is C.C.C.CCC1C[C@]1(NC(=O)[C@@H]1C[C@@H](Oc2cc(-c3ccccc3)nc3cc(OC)ccc23)CN1)C(=O)OC. The van der Waals surface area contributed by atoms with Crippen LogP contribution >= 0.6 is 0 Å². The molecule has 1 aliphatic carbocycles. The quantitative estimate of drug-likeness (QED) is 0.372. The average Bonchev–Trinajstić information content (AvgIpc) is 3.43. The van der Waals surface area contributed by atoms with Crippen molar-refractivity contribution < 1.29 is 23.8 Å². The number of aromatic nitrogens is 1. The van der Waals surface area contributed by atoms with Crippen LogP contribution in [0.1, 0.15) is 48.5 Å². The lowest BCUT2D eigenvalue weighted by Gasteiger charge is -2.20. The van der Waals surface area contributed by atoms with Gasteiger partial charge in [-0.3, -0.25) is 4.79 Å². The second-order valence-electron chi connectivity index (χ2n) is 9.45. The molecule has 8 nitrogen and oxygen atoms in total. The van der Waals surface area contributed by atoms with Gasteiger partial charge in [-0.15, -0.1) is 0 Å². The summed E-state index contributed by atoms with van der Waals surface area (Å²) in [6, 6.07) is 17.1. The number of amides is 1. The number of carbonyl (C=O) groups is 2. The molecule has 2 aliphatic rings. The van der Waals surface area contributed by atoms with E-state index in [1.165, 1.54) is 7.11 Å². The third-order valence-corrected chi connectivity index (χ3v) is 7.24. The minimum Gasteiger partial charge on any atom is -0.497 e. The molecule has 39 heavy (non-hydrogen) atoms. The van der Waals surface area contributed by atoms with E-state index in [4.69, 9.17) is 19.2 Å². The number of benzene rings is 2. The summed E-state index contributed by atoms with van der Waals surface area (Å²) in [5.41, 5.74) is 1.65. The summed E-state index contributed by atoms with van der Waals surface area (Å²) in [5, 5.41) is 7.09. The first kappa shape index (κ1) is 31.6. The van der Waals surface area contributed by atoms with E-state index >= 15 is 0 Å². The lowest BCUT2D eigenvalue weighted by Crippen LogP contribution is -2.51. The van der Waals surface area contributed by atoms with E-state index in [2.05, 4.69) is 10.6 Å². The smallest absolute Gasteiger partial charge is 0.331 e. The number of rotatable bonds is 8. The molecule has 0 bridgehead atoms. The summed E-state index contributed by atoms with van der Waals surface area (Å²) in [7, 11) is 2.99. The van der Waals surface area contributed by atoms with Crippen LogP contribution in [-0.2, 0) is 14.3 Å². The van der Waals surface area contributed by atoms with Gasteiger partial charge in [-0.25, -0.2) is 9.78 Å². The van der Waals surface area contributed by atoms with Crippen molar-refractivity contribution in [2.75, 3.05) is 20.8 Å². The van der Waals surface area contributed by atoms with Gasteiger partial charge in [0.25, 0.3) is 0 Å². The molecule has 212 valence electrons. The minimum absolute atomic E-state index is 0. The molecule has 8 heteroatoms. The van der Waals surface area contributed by atoms with Crippen molar-refractivity contribution in [3.63, 3.8) is 0 Å². The average molecular weight is 538 g/mol. The van der Waals surface area contributed by atoms with Crippen LogP contribution in [0.3, 0.4) is 0 Å². The zero-order valence-electron chi connectivity index (χ0n) is 20.7. The van der Waals surface area contributed by atoms with E-state index in [1.807, 2.05) is 61.5 Å². The van der Waals surface area contributed by atoms with E-state index in [1.54, 1.807) is 7.11 Å². The molecule has 1 amide bonds. The number of pyridine rings is 1. The number of esters is 1. The van der Waals surface area contributed by atoms with Crippen molar-refractivity contribution in [3.05, 3.63) is 54.6 Å². The topological polar surface area (TPSA) is 98.8 Å². The first-order chi connectivity index (χ1) is 17.5. The van der Waals surface area contributed by atoms with Crippen LogP contribution in [0.2, 0.25) is 0 Å². The molecule has 1 saturated heterocycles. The van der Waals surface area contributed by atoms with Crippen LogP contribution in [0, 0.1) is 5.92 Å². The van der Waals surface area contributed by atoms with Gasteiger partial charge < -0.3 is 24.8 Å². The molecule has 0 spiro atoms. The second kappa shape index (κ2) is 12.9. The number of nitrogens with zero attached hydrogens (tertiary/aromatic N) is 1. The second-order valence-corrected chi connectivity index (χ2v) is 9.45. The maximum absolute atomic E-state index is 13.0. The Labute approximate surface area is 232 Å². The highest BCUT2D eigenvalue weighted by Gasteiger charge is 2.61. The third kappa shape index (κ3) is 6.17. The van der Waals surface area contributed by atoms with Gasteiger partial charge >= 0.3 is 5.97 Å². The van der Waals surface area contributed by atoms with Gasteiger partial charge in [-0.2, -0.15) is 0 Å². The standard InChI is InChI=1S/C28H31N3O5.3CH4/c1-4-18-15-28(18,27(33)35-3)31-26(32)24-13-20(16-29-24)36-25-14-22(17-8-6-5-7-9-17)30-23-12-19(34-2)10-11-21(23)25;;;/h5-12,14,18,20,24,29H,4,13,15-16H2,1-3H3,(H,31,32);3*1H4/t18?,20-,24+,28-;;;/m1.../s1. The molecule has 5 rings (SSSR count). The zero-order chi connectivity index (χ0) is 25.3. The highest BCUT2D eigenvalue weighted by Crippen LogP contribution is 2.46. The van der Waals surface area contributed by atoms with Crippen LogP contribution < -0.4 is 20.1 Å². The van der Waals surface area contributed by atoms with Crippen LogP contribution in [0.15, 0.2) is 54.6 Å². The van der Waals surface area contributed by atoms with Gasteiger partial charge in [-0.05, 0) is 24.5 Å². The van der Waals surface area contributed by atoms with Crippen LogP contribution in [0.5, 0.6) is 11.5 Å². The predicted molar refractivity (Wildman–Crippen MR) is 156 cm³/mol. The van der Waals surface area contributed by atoms with Gasteiger partial charge in [0.1, 0.15) is 23.1 Å². The van der Waals surface area contributed by atoms with Crippen molar-refractivity contribution in [2.24, 2.45) is 5.92 Å². The molecular formula is C31H43N3O5. The van der Waals surface area contributed by atoms with E-state index in [0.717, 1.165) is 34.3 Å². The number of methoxy groups -OCH3 is 2. The highest BCUT2D eigenvalue weighted by atomic mass is 16.5. The van der Waals surface area contributed by atoms with Crippen LogP contribution in [0.25, 0.3) is 22.2 Å². The summed E-state index contributed by atoms with van der Waals surface area (Å²) >= 11 is 0. The molecule has 4 atom stereocenters. The zero-order valence-corrected chi connectivity index (χ0v) is 20.7. The van der Waals surface area contributed by atoms with Gasteiger partial charge in [0.2, 0.25) is 5.91 Å². The Morgan fingerprint density at radius 1 is 1.08 bits per heavy atom. The lowest BCUT2D eigenvalue weighted by atomic mass is 10.1. The van der Waals surface area contributed by atoms with Crippen molar-refractivity contribution >= 4 is 22.8 Å². The molecule has 1 aliphatic heterocycles. The van der Waals surface area contributed by atoms with Gasteiger partial charge in [0, 0.05) is 36.0 Å². The fourth-order valence-electron chi connectivity index (χ4n) is 5.10. The van der Waals surface area contributed by atoms with E-state index in [-0.39, 0.29) is 46.2 Å². The summed E-state index contributed by atoms with van der Waals surface area (Å²) in [4.78, 5) is 30.2. The predicted octanol–water partition coefficient (Wildman–Crippen LogP) is 5.39. The Hall–Kier alpha value is -3.65. The van der Waals surface area contributed by atoms with E-state index < -0.39 is 11.6 Å². The highest BCUT2D eigenvalue weighted by molar-refractivity contribution is 5.93. The first-order valence-electron chi connectivity index (χ1n) is 12.3. The molecule has 2 aromatic carbocycles. The molecule has 3 aromatic rings. The molecule has 1 aromatic heterocycles. The number of hydrogen-bond donors (Lipinski definition) is 2. The fourth-order valence-corrected chi connectivity index (χ4v) is 5.10. The van der Waals surface area contributed by atoms with Crippen LogP contribution in [-0.4, -0.2) is 55.3 Å². The minimum atomic E-state index is -0.897. The molecule has 1 unspecified atom stereocenters. The Bertz CT molecular complexity index is 1280. The Kier molecular flexibility index (Phi) is 10.5. The Morgan fingerprint density at radius 3 is 2.46 bits per heavy atom. The Morgan fingerprint density at radius 2 is 1.82 bits per heavy atom. The van der Waals surface area contributed by atoms with E-state index in [0.29, 0.717) is 25.1 Å². The Balaban J connectivity index is 0.00000178. The largest absolute Gasteiger partial charge is 0.497 e. The monoisotopic (exact) mass is 537 g/mol. The lowest BCUT2D eigenvalue weighted by molar-refractivity contribution is -0.147. The number of carbonyl (C=O) groups excluding carboxylic acids is 2. The van der Waals surface area contributed by atoms with Crippen LogP contribution in [0.4, 0.5) is 0 Å². The molecule has 0 radical (unpaired) electrons. The van der Waals surface area contributed by atoms with Gasteiger partial charge in [-0.1, -0.05) is 66.0 Å². The van der Waals surface area contributed by atoms with Gasteiger partial charge in [0.05, 0.1) is 31.5 Å². The fraction of sp³-hybridized carbons (Fsp3) is 0.452. The van der Waals surface area contributed by atoms with Crippen molar-refractivity contribution in [1.82, 2.24) is 15.6 Å². The maximum Gasteiger partial charge on any atom is 0.331 e. The van der Waals surface area contributed by atoms with Crippen molar-refractivity contribution in [3.8, 4) is 22.8 Å². The summed E-state index contributed by atoms with van der Waals surface area (Å²) in [6.07, 6.45) is 1.69. The molecule has 2 fully saturated rings. The molecular weight excluding hydrogens is 494 g/mol. The summed E-state index contributed by atoms with van der Waals surface area (Å²) in [6.45, 7) is 2.53. The van der Waals surface area contributed by atoms with E-state index in [9.17, 15) is 9.59 Å². The van der Waals surface area contributed by atoms with Crippen molar-refractivity contribution in [2.45, 2.75) is 66.2 Å². The summed E-state index contributed by atoms with van der Waals surface area (Å²) in [5.74, 6) is 0.959. The molecule has 2 N–H and O–H groups in total. The van der Waals surface area contributed by atoms with Crippen molar-refractivity contribution in [1.29, 1.82) is 0 Å². The third-order valence-electron chi connectivity index (χ3n) is 7.24. The maximum atomic E-state index is 13.0. The number of fused-ring (bicyclic) bond motifs is 1. The van der Waals surface area contributed by atoms with Gasteiger partial charge in [0.15, 0.2) is 0 Å². The number of nitrogens with one attached hydrogen (secondary N) is 2. The summed E-state index contributed by atoms with van der Waals surface area (Å²) < 4.78 is 16.8. The number of ether oxygens (including phenoxy) is 3. The first-order valence-corrected chi connectivity index (χ1v) is 12.3. The normalized spacial score (nSPS) is 22.9.